The molecule has 0 saturated carbocycles. The Morgan fingerprint density at radius 2 is 2.00 bits per heavy atom. The number of hydrogen-bond acceptors (Lipinski definition) is 3. The minimum absolute atomic E-state index is 0.0000694. The molecule has 0 saturated heterocycles. The maximum atomic E-state index is 12.9. The molecular formula is C9H13FN2O. The normalized spacial score (nSPS) is 11.5. The second-order valence-electron chi connectivity index (χ2n) is 3.80. The molecule has 0 spiro atoms. The summed E-state index contributed by atoms with van der Waals surface area (Å²) in [6.07, 6.45) is 1.13. The fourth-order valence-corrected chi connectivity index (χ4v) is 0.856. The Kier molecular flexibility index (Phi) is 2.50. The molecule has 0 N–H and O–H groups in total. The molecule has 72 valence electrons. The van der Waals surface area contributed by atoms with E-state index in [0.29, 0.717) is 5.82 Å². The van der Waals surface area contributed by atoms with Crippen molar-refractivity contribution < 1.29 is 9.13 Å². The zero-order chi connectivity index (χ0) is 10.1. The van der Waals surface area contributed by atoms with Crippen molar-refractivity contribution in [2.24, 2.45) is 0 Å². The SMILES string of the molecule is COc1nc(C(C)(C)C)ncc1F. The summed E-state index contributed by atoms with van der Waals surface area (Å²) in [6, 6.07) is 0. The van der Waals surface area contributed by atoms with Crippen LogP contribution in [0.4, 0.5) is 4.39 Å². The first-order valence-electron chi connectivity index (χ1n) is 4.02. The van der Waals surface area contributed by atoms with Crippen molar-refractivity contribution in [3.63, 3.8) is 0 Å². The third kappa shape index (κ3) is 2.14. The van der Waals surface area contributed by atoms with Crippen molar-refractivity contribution in [2.75, 3.05) is 7.11 Å². The lowest BCUT2D eigenvalue weighted by Crippen LogP contribution is -2.16. The van der Waals surface area contributed by atoms with Crippen LogP contribution in [0.3, 0.4) is 0 Å². The first-order chi connectivity index (χ1) is 5.95. The molecular weight excluding hydrogens is 171 g/mol. The maximum Gasteiger partial charge on any atom is 0.253 e. The number of hydrogen-bond donors (Lipinski definition) is 0. The largest absolute Gasteiger partial charge is 0.479 e. The molecule has 1 rings (SSSR count). The third-order valence-electron chi connectivity index (χ3n) is 1.58. The summed E-state index contributed by atoms with van der Waals surface area (Å²) in [5.74, 6) is 0.0428. The molecule has 0 aliphatic carbocycles. The highest BCUT2D eigenvalue weighted by Gasteiger charge is 2.19. The van der Waals surface area contributed by atoms with Crippen molar-refractivity contribution in [1.82, 2.24) is 9.97 Å². The van der Waals surface area contributed by atoms with Gasteiger partial charge >= 0.3 is 0 Å². The van der Waals surface area contributed by atoms with Gasteiger partial charge in [0, 0.05) is 5.41 Å². The molecule has 4 heteroatoms. The van der Waals surface area contributed by atoms with Gasteiger partial charge in [0.25, 0.3) is 5.88 Å². The van der Waals surface area contributed by atoms with E-state index < -0.39 is 5.82 Å². The molecule has 0 fully saturated rings. The summed E-state index contributed by atoms with van der Waals surface area (Å²) in [7, 11) is 1.39. The molecule has 1 aromatic heterocycles. The quantitative estimate of drug-likeness (QED) is 0.668. The summed E-state index contributed by atoms with van der Waals surface area (Å²) in [5.41, 5.74) is -0.193. The molecule has 13 heavy (non-hydrogen) atoms. The van der Waals surface area contributed by atoms with Crippen LogP contribution in [0.2, 0.25) is 0 Å². The smallest absolute Gasteiger partial charge is 0.253 e. The Hall–Kier alpha value is -1.19. The summed E-state index contributed by atoms with van der Waals surface area (Å²) < 4.78 is 17.7. The molecule has 0 radical (unpaired) electrons. The van der Waals surface area contributed by atoms with E-state index in [1.165, 1.54) is 7.11 Å². The zero-order valence-electron chi connectivity index (χ0n) is 8.26. The second kappa shape index (κ2) is 3.28. The minimum Gasteiger partial charge on any atom is -0.479 e. The summed E-state index contributed by atoms with van der Waals surface area (Å²) in [4.78, 5) is 7.85. The van der Waals surface area contributed by atoms with Gasteiger partial charge in [0.2, 0.25) is 5.82 Å². The number of methoxy groups -OCH3 is 1. The molecule has 0 amide bonds. The standard InChI is InChI=1S/C9H13FN2O/c1-9(2,3)8-11-5-6(10)7(12-8)13-4/h5H,1-4H3. The Labute approximate surface area is 77.0 Å². The number of aromatic nitrogens is 2. The van der Waals surface area contributed by atoms with Gasteiger partial charge in [-0.1, -0.05) is 20.8 Å². The van der Waals surface area contributed by atoms with E-state index in [4.69, 9.17) is 4.74 Å². The summed E-state index contributed by atoms with van der Waals surface area (Å²) in [6.45, 7) is 5.87. The maximum absolute atomic E-state index is 12.9. The van der Waals surface area contributed by atoms with E-state index in [-0.39, 0.29) is 11.3 Å². The van der Waals surface area contributed by atoms with E-state index in [1.54, 1.807) is 0 Å². The highest BCUT2D eigenvalue weighted by Crippen LogP contribution is 2.21. The molecule has 0 atom stereocenters. The molecule has 0 aliphatic heterocycles. The van der Waals surface area contributed by atoms with Gasteiger partial charge < -0.3 is 4.74 Å². The fourth-order valence-electron chi connectivity index (χ4n) is 0.856. The van der Waals surface area contributed by atoms with Crippen LogP contribution in [0.1, 0.15) is 26.6 Å². The molecule has 0 unspecified atom stereocenters. The Balaban J connectivity index is 3.14. The molecule has 1 aromatic rings. The van der Waals surface area contributed by atoms with E-state index in [1.807, 2.05) is 20.8 Å². The highest BCUT2D eigenvalue weighted by molar-refractivity contribution is 5.14. The van der Waals surface area contributed by atoms with E-state index in [9.17, 15) is 4.39 Å². The van der Waals surface area contributed by atoms with Crippen LogP contribution < -0.4 is 4.74 Å². The van der Waals surface area contributed by atoms with Crippen LogP contribution in [0.5, 0.6) is 5.88 Å². The zero-order valence-corrected chi connectivity index (χ0v) is 8.26. The van der Waals surface area contributed by atoms with Crippen LogP contribution in [-0.4, -0.2) is 17.1 Å². The highest BCUT2D eigenvalue weighted by atomic mass is 19.1. The molecule has 0 bridgehead atoms. The van der Waals surface area contributed by atoms with Gasteiger partial charge in [0.15, 0.2) is 0 Å². The molecule has 1 heterocycles. The number of ether oxygens (including phenoxy) is 1. The average Bonchev–Trinajstić information content (AvgIpc) is 2.03. The Bertz CT molecular complexity index is 307. The van der Waals surface area contributed by atoms with Gasteiger partial charge in [-0.15, -0.1) is 0 Å². The van der Waals surface area contributed by atoms with Crippen molar-refractivity contribution >= 4 is 0 Å². The van der Waals surface area contributed by atoms with Gasteiger partial charge in [0.1, 0.15) is 5.82 Å². The average molecular weight is 184 g/mol. The van der Waals surface area contributed by atoms with Crippen molar-refractivity contribution in [3.05, 3.63) is 17.8 Å². The van der Waals surface area contributed by atoms with Crippen LogP contribution >= 0.6 is 0 Å². The number of halogens is 1. The minimum atomic E-state index is -0.532. The van der Waals surface area contributed by atoms with Gasteiger partial charge in [-0.25, -0.2) is 4.98 Å². The number of nitrogens with zero attached hydrogens (tertiary/aromatic N) is 2. The molecule has 0 aliphatic rings. The monoisotopic (exact) mass is 184 g/mol. The van der Waals surface area contributed by atoms with Crippen LogP contribution in [0, 0.1) is 5.82 Å². The number of rotatable bonds is 1. The van der Waals surface area contributed by atoms with Crippen molar-refractivity contribution in [1.29, 1.82) is 0 Å². The summed E-state index contributed by atoms with van der Waals surface area (Å²) >= 11 is 0. The van der Waals surface area contributed by atoms with E-state index >= 15 is 0 Å². The predicted octanol–water partition coefficient (Wildman–Crippen LogP) is 1.92. The predicted molar refractivity (Wildman–Crippen MR) is 47.2 cm³/mol. The van der Waals surface area contributed by atoms with Crippen molar-refractivity contribution in [3.8, 4) is 5.88 Å². The van der Waals surface area contributed by atoms with Crippen LogP contribution in [0.15, 0.2) is 6.20 Å². The first kappa shape index (κ1) is 9.89. The van der Waals surface area contributed by atoms with Crippen LogP contribution in [0.25, 0.3) is 0 Å². The van der Waals surface area contributed by atoms with Gasteiger partial charge in [0.05, 0.1) is 13.3 Å². The first-order valence-corrected chi connectivity index (χ1v) is 4.02. The van der Waals surface area contributed by atoms with Gasteiger partial charge in [-0.3, -0.25) is 0 Å². The fraction of sp³-hybridized carbons (Fsp3) is 0.556. The molecule has 0 aromatic carbocycles. The Morgan fingerprint density at radius 3 is 2.46 bits per heavy atom. The van der Waals surface area contributed by atoms with E-state index in [0.717, 1.165) is 6.20 Å². The lowest BCUT2D eigenvalue weighted by atomic mass is 9.96. The lowest BCUT2D eigenvalue weighted by Gasteiger charge is -2.16. The summed E-state index contributed by atoms with van der Waals surface area (Å²) in [5, 5.41) is 0. The Morgan fingerprint density at radius 1 is 1.38 bits per heavy atom. The van der Waals surface area contributed by atoms with Crippen LogP contribution in [-0.2, 0) is 5.41 Å². The topological polar surface area (TPSA) is 35.0 Å². The third-order valence-corrected chi connectivity index (χ3v) is 1.58. The van der Waals surface area contributed by atoms with E-state index in [2.05, 4.69) is 9.97 Å². The molecule has 3 nitrogen and oxygen atoms in total. The van der Waals surface area contributed by atoms with Crippen molar-refractivity contribution in [2.45, 2.75) is 26.2 Å². The van der Waals surface area contributed by atoms with Gasteiger partial charge in [-0.2, -0.15) is 9.37 Å². The second-order valence-corrected chi connectivity index (χ2v) is 3.80. The lowest BCUT2D eigenvalue weighted by molar-refractivity contribution is 0.359. The van der Waals surface area contributed by atoms with Gasteiger partial charge in [-0.05, 0) is 0 Å².